The van der Waals surface area contributed by atoms with Gasteiger partial charge in [0.05, 0.1) is 0 Å². The molecule has 0 aliphatic rings. The van der Waals surface area contributed by atoms with Crippen molar-refractivity contribution < 1.29 is 13.2 Å². The van der Waals surface area contributed by atoms with E-state index in [1.54, 1.807) is 0 Å². The van der Waals surface area contributed by atoms with Crippen LogP contribution in [0.3, 0.4) is 0 Å². The molecule has 1 aromatic rings. The van der Waals surface area contributed by atoms with E-state index in [9.17, 15) is 13.2 Å². The number of hydrogen-bond donors (Lipinski definition) is 1. The molecule has 1 rings (SSSR count). The Bertz CT molecular complexity index is 285. The Balaban J connectivity index is 2.80. The molecular formula is C3H3F3N4S. The number of hydrogen-bond acceptors (Lipinski definition) is 3. The maximum absolute atomic E-state index is 11.7. The topological polar surface area (TPSA) is 46.5 Å². The molecule has 0 saturated heterocycles. The number of nitrogens with zero attached hydrogens (tertiary/aromatic N) is 3. The van der Waals surface area contributed by atoms with E-state index in [4.69, 9.17) is 0 Å². The SMILES string of the molecule is FC(F)(F)Cn1[nH]nnc1=S. The molecule has 0 fully saturated rings. The van der Waals surface area contributed by atoms with Crippen LogP contribution in [0, 0.1) is 4.77 Å². The van der Waals surface area contributed by atoms with E-state index < -0.39 is 12.7 Å². The molecule has 1 heterocycles. The predicted molar refractivity (Wildman–Crippen MR) is 31.3 cm³/mol. The zero-order valence-electron chi connectivity index (χ0n) is 5.09. The third kappa shape index (κ3) is 2.30. The average molecular weight is 184 g/mol. The van der Waals surface area contributed by atoms with Crippen molar-refractivity contribution in [2.75, 3.05) is 0 Å². The highest BCUT2D eigenvalue weighted by Crippen LogP contribution is 2.16. The van der Waals surface area contributed by atoms with Crippen LogP contribution in [0.25, 0.3) is 0 Å². The minimum atomic E-state index is -4.30. The summed E-state index contributed by atoms with van der Waals surface area (Å²) in [6.45, 7) is -1.18. The summed E-state index contributed by atoms with van der Waals surface area (Å²) in [7, 11) is 0. The van der Waals surface area contributed by atoms with Crippen molar-refractivity contribution >= 4 is 12.2 Å². The van der Waals surface area contributed by atoms with Crippen LogP contribution < -0.4 is 0 Å². The molecule has 0 amide bonds. The molecule has 0 bridgehead atoms. The average Bonchev–Trinajstić information content (AvgIpc) is 2.12. The lowest BCUT2D eigenvalue weighted by atomic mass is 10.6. The van der Waals surface area contributed by atoms with Crippen molar-refractivity contribution in [1.29, 1.82) is 0 Å². The summed E-state index contributed by atoms with van der Waals surface area (Å²) in [5.74, 6) is 0. The number of halogens is 3. The molecule has 8 heteroatoms. The largest absolute Gasteiger partial charge is 0.408 e. The van der Waals surface area contributed by atoms with Crippen molar-refractivity contribution in [3.05, 3.63) is 4.77 Å². The van der Waals surface area contributed by atoms with Crippen molar-refractivity contribution in [2.24, 2.45) is 0 Å². The first-order valence-electron chi connectivity index (χ1n) is 2.54. The Kier molecular flexibility index (Phi) is 1.94. The quantitative estimate of drug-likeness (QED) is 0.659. The number of alkyl halides is 3. The van der Waals surface area contributed by atoms with Crippen LogP contribution >= 0.6 is 12.2 Å². The van der Waals surface area contributed by atoms with Crippen LogP contribution in [0.4, 0.5) is 13.2 Å². The molecule has 1 aromatic heterocycles. The second-order valence-electron chi connectivity index (χ2n) is 1.78. The summed E-state index contributed by atoms with van der Waals surface area (Å²) in [4.78, 5) is 0. The lowest BCUT2D eigenvalue weighted by molar-refractivity contribution is -0.143. The Labute approximate surface area is 64.0 Å². The van der Waals surface area contributed by atoms with Gasteiger partial charge in [0.2, 0.25) is 4.77 Å². The van der Waals surface area contributed by atoms with E-state index in [-0.39, 0.29) is 4.77 Å². The van der Waals surface area contributed by atoms with Gasteiger partial charge in [-0.15, -0.1) is 0 Å². The highest BCUT2D eigenvalue weighted by Gasteiger charge is 2.28. The number of aromatic nitrogens is 4. The van der Waals surface area contributed by atoms with Gasteiger partial charge in [-0.2, -0.15) is 18.4 Å². The summed E-state index contributed by atoms with van der Waals surface area (Å²) < 4.78 is 35.4. The van der Waals surface area contributed by atoms with E-state index in [1.165, 1.54) is 0 Å². The van der Waals surface area contributed by atoms with Crippen LogP contribution in [-0.4, -0.2) is 26.4 Å². The summed E-state index contributed by atoms with van der Waals surface area (Å²) in [5, 5.41) is 8.26. The first kappa shape index (κ1) is 8.18. The van der Waals surface area contributed by atoms with Gasteiger partial charge in [0.25, 0.3) is 0 Å². The smallest absolute Gasteiger partial charge is 0.233 e. The van der Waals surface area contributed by atoms with Gasteiger partial charge in [-0.05, 0) is 12.2 Å². The monoisotopic (exact) mass is 184 g/mol. The molecule has 0 spiro atoms. The Morgan fingerprint density at radius 1 is 1.55 bits per heavy atom. The zero-order chi connectivity index (χ0) is 8.48. The number of aromatic amines is 1. The Hall–Kier alpha value is -0.920. The summed E-state index contributed by atoms with van der Waals surface area (Å²) in [5.41, 5.74) is 0. The normalized spacial score (nSPS) is 11.9. The fourth-order valence-electron chi connectivity index (χ4n) is 0.498. The van der Waals surface area contributed by atoms with Crippen LogP contribution in [0.2, 0.25) is 0 Å². The number of rotatable bonds is 1. The Morgan fingerprint density at radius 2 is 2.18 bits per heavy atom. The van der Waals surface area contributed by atoms with Gasteiger partial charge in [-0.25, -0.2) is 4.68 Å². The lowest BCUT2D eigenvalue weighted by Gasteiger charge is -2.04. The third-order valence-corrected chi connectivity index (χ3v) is 1.17. The van der Waals surface area contributed by atoms with Crippen molar-refractivity contribution in [1.82, 2.24) is 20.2 Å². The second-order valence-corrected chi connectivity index (χ2v) is 2.15. The number of nitrogens with one attached hydrogen (secondary N) is 1. The molecule has 0 aliphatic heterocycles. The van der Waals surface area contributed by atoms with Crippen LogP contribution in [-0.2, 0) is 6.54 Å². The summed E-state index contributed by atoms with van der Waals surface area (Å²) >= 11 is 4.41. The van der Waals surface area contributed by atoms with Gasteiger partial charge in [0, 0.05) is 0 Å². The number of tetrazole rings is 1. The van der Waals surface area contributed by atoms with Gasteiger partial charge < -0.3 is 0 Å². The number of H-pyrrole nitrogens is 1. The van der Waals surface area contributed by atoms with Gasteiger partial charge in [0.1, 0.15) is 6.54 Å². The first-order chi connectivity index (χ1) is 4.99. The highest BCUT2D eigenvalue weighted by atomic mass is 32.1. The molecule has 11 heavy (non-hydrogen) atoms. The van der Waals surface area contributed by atoms with Crippen molar-refractivity contribution in [3.8, 4) is 0 Å². The van der Waals surface area contributed by atoms with Crippen LogP contribution in [0.1, 0.15) is 0 Å². The second kappa shape index (κ2) is 2.61. The molecule has 62 valence electrons. The molecule has 0 saturated carbocycles. The van der Waals surface area contributed by atoms with Crippen molar-refractivity contribution in [2.45, 2.75) is 12.7 Å². The molecule has 1 N–H and O–H groups in total. The van der Waals surface area contributed by atoms with Gasteiger partial charge in [0.15, 0.2) is 0 Å². The van der Waals surface area contributed by atoms with E-state index in [0.717, 1.165) is 0 Å². The van der Waals surface area contributed by atoms with E-state index >= 15 is 0 Å². The maximum atomic E-state index is 11.7. The van der Waals surface area contributed by atoms with Crippen LogP contribution in [0.15, 0.2) is 0 Å². The van der Waals surface area contributed by atoms with E-state index in [0.29, 0.717) is 4.68 Å². The lowest BCUT2D eigenvalue weighted by Crippen LogP contribution is -2.18. The fourth-order valence-corrected chi connectivity index (χ4v) is 0.644. The van der Waals surface area contributed by atoms with Gasteiger partial charge in [-0.3, -0.25) is 0 Å². The minimum absolute atomic E-state index is 0.206. The summed E-state index contributed by atoms with van der Waals surface area (Å²) in [6, 6.07) is 0. The molecular weight excluding hydrogens is 181 g/mol. The van der Waals surface area contributed by atoms with Gasteiger partial charge >= 0.3 is 6.18 Å². The fraction of sp³-hybridized carbons (Fsp3) is 0.667. The molecule has 0 atom stereocenters. The standard InChI is InChI=1S/C3H3F3N4S/c4-3(5,6)1-10-2(11)7-8-9-10/h1H2,(H,7,9,11). The van der Waals surface area contributed by atoms with Crippen molar-refractivity contribution in [3.63, 3.8) is 0 Å². The molecule has 0 aliphatic carbocycles. The van der Waals surface area contributed by atoms with E-state index in [2.05, 4.69) is 22.5 Å². The van der Waals surface area contributed by atoms with Crippen LogP contribution in [0.5, 0.6) is 0 Å². The zero-order valence-corrected chi connectivity index (χ0v) is 5.91. The molecule has 0 radical (unpaired) electrons. The summed E-state index contributed by atoms with van der Waals surface area (Å²) in [6.07, 6.45) is -4.30. The Morgan fingerprint density at radius 3 is 2.55 bits per heavy atom. The molecule has 0 unspecified atom stereocenters. The maximum Gasteiger partial charge on any atom is 0.408 e. The third-order valence-electron chi connectivity index (χ3n) is 0.869. The molecule has 0 aromatic carbocycles. The first-order valence-corrected chi connectivity index (χ1v) is 2.94. The minimum Gasteiger partial charge on any atom is -0.233 e. The molecule has 4 nitrogen and oxygen atoms in total. The highest BCUT2D eigenvalue weighted by molar-refractivity contribution is 7.71. The predicted octanol–water partition coefficient (Wildman–Crippen LogP) is 0.898. The van der Waals surface area contributed by atoms with E-state index in [1.807, 2.05) is 5.21 Å². The van der Waals surface area contributed by atoms with Gasteiger partial charge in [-0.1, -0.05) is 10.3 Å².